The van der Waals surface area contributed by atoms with E-state index in [0.717, 1.165) is 31.2 Å². The molecule has 0 radical (unpaired) electrons. The van der Waals surface area contributed by atoms with Crippen molar-refractivity contribution in [2.24, 2.45) is 18.0 Å². The van der Waals surface area contributed by atoms with Crippen LogP contribution in [0.1, 0.15) is 25.5 Å². The molecule has 1 aromatic heterocycles. The van der Waals surface area contributed by atoms with Gasteiger partial charge in [-0.05, 0) is 12.8 Å². The van der Waals surface area contributed by atoms with E-state index < -0.39 is 0 Å². The number of morpholine rings is 1. The Morgan fingerprint density at radius 1 is 1.61 bits per heavy atom. The minimum Gasteiger partial charge on any atom is -0.396 e. The maximum atomic E-state index is 9.15. The fraction of sp³-hybridized carbons (Fsp3) is 0.733. The van der Waals surface area contributed by atoms with Crippen LogP contribution in [0.25, 0.3) is 0 Å². The predicted octanol–water partition coefficient (Wildman–Crippen LogP) is 1.01. The number of aliphatic hydroxyl groups is 1. The molecule has 0 aliphatic carbocycles. The zero-order valence-corrected chi connectivity index (χ0v) is 16.4. The monoisotopic (exact) mass is 437 g/mol. The minimum atomic E-state index is 0. The molecule has 0 bridgehead atoms. The van der Waals surface area contributed by atoms with Gasteiger partial charge in [-0.1, -0.05) is 6.92 Å². The van der Waals surface area contributed by atoms with Crippen LogP contribution in [0.2, 0.25) is 0 Å². The summed E-state index contributed by atoms with van der Waals surface area (Å²) in [4.78, 5) is 6.85. The second kappa shape index (κ2) is 10.1. The summed E-state index contributed by atoms with van der Waals surface area (Å²) >= 11 is 0. The number of guanidine groups is 1. The van der Waals surface area contributed by atoms with Gasteiger partial charge in [0.1, 0.15) is 6.10 Å². The van der Waals surface area contributed by atoms with Crippen molar-refractivity contribution < 1.29 is 9.84 Å². The molecule has 2 N–H and O–H groups in total. The smallest absolute Gasteiger partial charge is 0.194 e. The normalized spacial score (nSPS) is 20.1. The molecule has 8 heteroatoms. The first kappa shape index (κ1) is 20.2. The maximum absolute atomic E-state index is 9.15. The Labute approximate surface area is 155 Å². The van der Waals surface area contributed by atoms with E-state index in [9.17, 15) is 0 Å². The van der Waals surface area contributed by atoms with Crippen LogP contribution in [0.4, 0.5) is 0 Å². The number of aliphatic hydroxyl groups excluding tert-OH is 1. The average Bonchev–Trinajstić information content (AvgIpc) is 2.97. The number of aromatic nitrogens is 2. The Balaban J connectivity index is 0.00000264. The highest BCUT2D eigenvalue weighted by Gasteiger charge is 2.25. The van der Waals surface area contributed by atoms with Crippen LogP contribution in [0, 0.1) is 5.92 Å². The number of rotatable bonds is 5. The van der Waals surface area contributed by atoms with Crippen molar-refractivity contribution in [2.45, 2.75) is 20.0 Å². The Kier molecular flexibility index (Phi) is 8.85. The lowest BCUT2D eigenvalue weighted by Gasteiger charge is -2.35. The van der Waals surface area contributed by atoms with Crippen molar-refractivity contribution in [3.05, 3.63) is 18.0 Å². The van der Waals surface area contributed by atoms with Gasteiger partial charge < -0.3 is 20.1 Å². The van der Waals surface area contributed by atoms with E-state index >= 15 is 0 Å². The van der Waals surface area contributed by atoms with Gasteiger partial charge >= 0.3 is 0 Å². The molecule has 1 aromatic rings. The molecule has 1 aliphatic rings. The maximum Gasteiger partial charge on any atom is 0.194 e. The van der Waals surface area contributed by atoms with Gasteiger partial charge in [0.05, 0.1) is 19.3 Å². The molecule has 2 rings (SSSR count). The minimum absolute atomic E-state index is 0. The molecular weight excluding hydrogens is 409 g/mol. The molecule has 1 saturated heterocycles. The van der Waals surface area contributed by atoms with E-state index in [1.165, 1.54) is 0 Å². The Bertz CT molecular complexity index is 494. The Morgan fingerprint density at radius 3 is 3.00 bits per heavy atom. The van der Waals surface area contributed by atoms with Gasteiger partial charge in [0.25, 0.3) is 0 Å². The molecule has 0 spiro atoms. The summed E-state index contributed by atoms with van der Waals surface area (Å²) in [7, 11) is 1.91. The molecule has 132 valence electrons. The van der Waals surface area contributed by atoms with Crippen molar-refractivity contribution in [2.75, 3.05) is 39.4 Å². The molecule has 0 aromatic carbocycles. The highest BCUT2D eigenvalue weighted by atomic mass is 127. The summed E-state index contributed by atoms with van der Waals surface area (Å²) in [5, 5.41) is 16.7. The largest absolute Gasteiger partial charge is 0.396 e. The van der Waals surface area contributed by atoms with E-state index in [-0.39, 0.29) is 42.6 Å². The number of hydrogen-bond acceptors (Lipinski definition) is 4. The molecule has 2 atom stereocenters. The number of nitrogens with zero attached hydrogens (tertiary/aromatic N) is 4. The third-order valence-corrected chi connectivity index (χ3v) is 3.66. The highest BCUT2D eigenvalue weighted by molar-refractivity contribution is 14.0. The average molecular weight is 437 g/mol. The first-order valence-electron chi connectivity index (χ1n) is 7.88. The van der Waals surface area contributed by atoms with Gasteiger partial charge in [-0.3, -0.25) is 9.67 Å². The van der Waals surface area contributed by atoms with E-state index in [2.05, 4.69) is 27.2 Å². The van der Waals surface area contributed by atoms with Crippen LogP contribution in [-0.4, -0.2) is 65.1 Å². The molecule has 1 fully saturated rings. The Hall–Kier alpha value is -0.870. The predicted molar refractivity (Wildman–Crippen MR) is 101 cm³/mol. The molecule has 2 heterocycles. The first-order valence-corrected chi connectivity index (χ1v) is 7.88. The SMILES string of the molecule is CCNC(=NCC(C)CO)N1CCOC(c2cnn(C)c2)C1.I. The van der Waals surface area contributed by atoms with Crippen LogP contribution < -0.4 is 5.32 Å². The number of nitrogens with one attached hydrogen (secondary N) is 1. The number of aryl methyl sites for hydroxylation is 1. The zero-order chi connectivity index (χ0) is 15.9. The summed E-state index contributed by atoms with van der Waals surface area (Å²) in [6.07, 6.45) is 3.86. The van der Waals surface area contributed by atoms with E-state index in [4.69, 9.17) is 9.84 Å². The standard InChI is InChI=1S/C15H27N5O2.HI/c1-4-16-15(17-7-12(2)11-21)20-5-6-22-14(10-20)13-8-18-19(3)9-13;/h8-9,12,14,21H,4-7,10-11H2,1-3H3,(H,16,17);1H. The lowest BCUT2D eigenvalue weighted by Crippen LogP contribution is -2.48. The fourth-order valence-corrected chi connectivity index (χ4v) is 2.38. The molecule has 2 unspecified atom stereocenters. The van der Waals surface area contributed by atoms with Gasteiger partial charge in [-0.25, -0.2) is 0 Å². The van der Waals surface area contributed by atoms with Gasteiger partial charge in [0.2, 0.25) is 0 Å². The number of hydrogen-bond donors (Lipinski definition) is 2. The van der Waals surface area contributed by atoms with E-state index in [1.54, 1.807) is 4.68 Å². The number of aliphatic imine (C=N–C) groups is 1. The van der Waals surface area contributed by atoms with Crippen molar-refractivity contribution in [1.82, 2.24) is 20.0 Å². The van der Waals surface area contributed by atoms with Crippen LogP contribution in [0.3, 0.4) is 0 Å². The molecule has 1 aliphatic heterocycles. The van der Waals surface area contributed by atoms with Crippen LogP contribution >= 0.6 is 24.0 Å². The number of ether oxygens (including phenoxy) is 1. The van der Waals surface area contributed by atoms with Crippen LogP contribution in [0.15, 0.2) is 17.4 Å². The molecule has 0 saturated carbocycles. The molecule has 7 nitrogen and oxygen atoms in total. The van der Waals surface area contributed by atoms with Gasteiger partial charge in [0.15, 0.2) is 5.96 Å². The Morgan fingerprint density at radius 2 is 2.39 bits per heavy atom. The summed E-state index contributed by atoms with van der Waals surface area (Å²) in [5.74, 6) is 1.06. The summed E-state index contributed by atoms with van der Waals surface area (Å²) in [6, 6.07) is 0. The molecular formula is C15H28IN5O2. The fourth-order valence-electron chi connectivity index (χ4n) is 2.38. The van der Waals surface area contributed by atoms with Gasteiger partial charge in [0, 0.05) is 45.0 Å². The van der Waals surface area contributed by atoms with Crippen molar-refractivity contribution in [3.8, 4) is 0 Å². The summed E-state index contributed by atoms with van der Waals surface area (Å²) in [5.41, 5.74) is 1.09. The molecule has 0 amide bonds. The quantitative estimate of drug-likeness (QED) is 0.409. The lowest BCUT2D eigenvalue weighted by atomic mass is 10.1. The lowest BCUT2D eigenvalue weighted by molar-refractivity contribution is -0.00807. The van der Waals surface area contributed by atoms with E-state index in [0.29, 0.717) is 13.2 Å². The van der Waals surface area contributed by atoms with Gasteiger partial charge in [-0.2, -0.15) is 5.10 Å². The summed E-state index contributed by atoms with van der Waals surface area (Å²) < 4.78 is 7.66. The van der Waals surface area contributed by atoms with Crippen LogP contribution in [-0.2, 0) is 11.8 Å². The van der Waals surface area contributed by atoms with Crippen molar-refractivity contribution in [1.29, 1.82) is 0 Å². The van der Waals surface area contributed by atoms with Crippen molar-refractivity contribution in [3.63, 3.8) is 0 Å². The van der Waals surface area contributed by atoms with Crippen LogP contribution in [0.5, 0.6) is 0 Å². The zero-order valence-electron chi connectivity index (χ0n) is 14.1. The van der Waals surface area contributed by atoms with E-state index in [1.807, 2.05) is 26.4 Å². The highest BCUT2D eigenvalue weighted by Crippen LogP contribution is 2.21. The summed E-state index contributed by atoms with van der Waals surface area (Å²) in [6.45, 7) is 7.88. The topological polar surface area (TPSA) is 74.9 Å². The third kappa shape index (κ3) is 5.92. The number of halogens is 1. The second-order valence-electron chi connectivity index (χ2n) is 5.74. The van der Waals surface area contributed by atoms with Crippen molar-refractivity contribution >= 4 is 29.9 Å². The van der Waals surface area contributed by atoms with Gasteiger partial charge in [-0.15, -0.1) is 24.0 Å². The third-order valence-electron chi connectivity index (χ3n) is 3.66. The second-order valence-corrected chi connectivity index (χ2v) is 5.74. The first-order chi connectivity index (χ1) is 10.6. The molecule has 23 heavy (non-hydrogen) atoms.